The van der Waals surface area contributed by atoms with Gasteiger partial charge >= 0.3 is 0 Å². The van der Waals surface area contributed by atoms with E-state index in [1.54, 1.807) is 20.9 Å². The number of para-hydroxylation sites is 1. The van der Waals surface area contributed by atoms with Gasteiger partial charge in [0.15, 0.2) is 0 Å². The lowest BCUT2D eigenvalue weighted by Gasteiger charge is -2.44. The highest BCUT2D eigenvalue weighted by Gasteiger charge is 2.49. The Kier molecular flexibility index (Phi) is 4.81. The lowest BCUT2D eigenvalue weighted by Crippen LogP contribution is -2.66. The van der Waals surface area contributed by atoms with Crippen molar-refractivity contribution in [2.45, 2.75) is 52.2 Å². The zero-order valence-corrected chi connectivity index (χ0v) is 18.7. The minimum absolute atomic E-state index is 0.203. The summed E-state index contributed by atoms with van der Waals surface area (Å²) in [6.45, 7) is 9.85. The second-order valence-corrected chi connectivity index (χ2v) is 9.90. The number of hydrogen-bond acceptors (Lipinski definition) is 4. The Bertz CT molecular complexity index is 1110. The number of nitrogens with one attached hydrogen (secondary N) is 1. The van der Waals surface area contributed by atoms with Gasteiger partial charge in [-0.15, -0.1) is 11.3 Å². The van der Waals surface area contributed by atoms with Crippen LogP contribution in [0.1, 0.15) is 43.7 Å². The molecule has 1 aliphatic rings. The van der Waals surface area contributed by atoms with E-state index in [4.69, 9.17) is 0 Å². The summed E-state index contributed by atoms with van der Waals surface area (Å²) in [6, 6.07) is 13.4. The molecule has 1 aliphatic heterocycles. The minimum Gasteiger partial charge on any atom is -0.349 e. The number of aromatic nitrogens is 2. The number of rotatable bonds is 3. The van der Waals surface area contributed by atoms with Crippen molar-refractivity contribution in [2.24, 2.45) is 0 Å². The summed E-state index contributed by atoms with van der Waals surface area (Å²) in [5, 5.41) is 9.71. The number of anilines is 1. The van der Waals surface area contributed by atoms with Crippen LogP contribution >= 0.6 is 11.3 Å². The fraction of sp³-hybridized carbons (Fsp3) is 0.348. The van der Waals surface area contributed by atoms with Crippen LogP contribution in [0.5, 0.6) is 0 Å². The summed E-state index contributed by atoms with van der Waals surface area (Å²) in [5.41, 5.74) is 1.36. The van der Waals surface area contributed by atoms with Gasteiger partial charge in [-0.25, -0.2) is 0 Å². The van der Waals surface area contributed by atoms with Crippen molar-refractivity contribution in [3.63, 3.8) is 0 Å². The lowest BCUT2D eigenvalue weighted by molar-refractivity contribution is -0.128. The maximum Gasteiger partial charge on any atom is 0.277 e. The molecule has 0 bridgehead atoms. The third-order valence-corrected chi connectivity index (χ3v) is 6.15. The van der Waals surface area contributed by atoms with Crippen molar-refractivity contribution in [3.8, 4) is 10.6 Å². The monoisotopic (exact) mass is 422 g/mol. The molecule has 30 heavy (non-hydrogen) atoms. The van der Waals surface area contributed by atoms with E-state index >= 15 is 0 Å². The number of benzene rings is 1. The molecule has 1 unspecified atom stereocenters. The summed E-state index contributed by atoms with van der Waals surface area (Å²) in [6.07, 6.45) is 0. The Balaban J connectivity index is 1.86. The van der Waals surface area contributed by atoms with Crippen LogP contribution in [0.4, 0.5) is 5.69 Å². The molecule has 2 aromatic heterocycles. The predicted octanol–water partition coefficient (Wildman–Crippen LogP) is 4.25. The highest BCUT2D eigenvalue weighted by atomic mass is 32.1. The smallest absolute Gasteiger partial charge is 0.277 e. The van der Waals surface area contributed by atoms with Gasteiger partial charge in [0, 0.05) is 11.2 Å². The quantitative estimate of drug-likeness (QED) is 0.686. The van der Waals surface area contributed by atoms with Gasteiger partial charge in [-0.2, -0.15) is 5.10 Å². The van der Waals surface area contributed by atoms with Crippen LogP contribution in [-0.2, 0) is 11.3 Å². The van der Waals surface area contributed by atoms with E-state index in [2.05, 4.69) is 10.4 Å². The predicted molar refractivity (Wildman–Crippen MR) is 120 cm³/mol. The van der Waals surface area contributed by atoms with E-state index in [1.807, 2.05) is 82.5 Å². The van der Waals surface area contributed by atoms with Crippen molar-refractivity contribution in [3.05, 3.63) is 59.1 Å². The van der Waals surface area contributed by atoms with Gasteiger partial charge < -0.3 is 5.32 Å². The second-order valence-electron chi connectivity index (χ2n) is 8.95. The Morgan fingerprint density at radius 3 is 2.57 bits per heavy atom. The zero-order valence-electron chi connectivity index (χ0n) is 17.9. The molecule has 7 heteroatoms. The van der Waals surface area contributed by atoms with Gasteiger partial charge in [0.2, 0.25) is 5.91 Å². The minimum atomic E-state index is -1.12. The summed E-state index contributed by atoms with van der Waals surface area (Å²) in [7, 11) is 0. The summed E-state index contributed by atoms with van der Waals surface area (Å²) in [4.78, 5) is 29.8. The zero-order chi connectivity index (χ0) is 21.7. The third-order valence-electron chi connectivity index (χ3n) is 5.26. The molecule has 4 rings (SSSR count). The van der Waals surface area contributed by atoms with E-state index in [9.17, 15) is 9.59 Å². The molecule has 1 atom stereocenters. The molecule has 0 spiro atoms. The van der Waals surface area contributed by atoms with Gasteiger partial charge in [0.1, 0.15) is 16.9 Å². The normalized spacial score (nSPS) is 19.0. The number of aryl methyl sites for hydroxylation is 1. The van der Waals surface area contributed by atoms with Crippen LogP contribution in [0, 0.1) is 6.92 Å². The maximum absolute atomic E-state index is 13.7. The Labute approximate surface area is 180 Å². The number of nitrogens with zero attached hydrogens (tertiary/aromatic N) is 3. The molecular weight excluding hydrogens is 396 g/mol. The lowest BCUT2D eigenvalue weighted by atomic mass is 9.92. The summed E-state index contributed by atoms with van der Waals surface area (Å²) < 4.78 is 1.67. The molecule has 6 nitrogen and oxygen atoms in total. The molecule has 0 aliphatic carbocycles. The second kappa shape index (κ2) is 7.09. The fourth-order valence-corrected chi connectivity index (χ4v) is 4.47. The van der Waals surface area contributed by atoms with E-state index < -0.39 is 11.1 Å². The molecule has 156 valence electrons. The topological polar surface area (TPSA) is 67.2 Å². The fourth-order valence-electron chi connectivity index (χ4n) is 3.79. The number of carbonyl (C=O) groups is 2. The highest BCUT2D eigenvalue weighted by Crippen LogP contribution is 2.36. The first kappa shape index (κ1) is 20.3. The van der Waals surface area contributed by atoms with Crippen LogP contribution in [0.3, 0.4) is 0 Å². The van der Waals surface area contributed by atoms with Crippen molar-refractivity contribution < 1.29 is 9.59 Å². The van der Waals surface area contributed by atoms with Crippen LogP contribution in [0.15, 0.2) is 47.8 Å². The third kappa shape index (κ3) is 3.43. The highest BCUT2D eigenvalue weighted by molar-refractivity contribution is 7.13. The maximum atomic E-state index is 13.7. The van der Waals surface area contributed by atoms with Crippen molar-refractivity contribution >= 4 is 28.8 Å². The molecule has 0 radical (unpaired) electrons. The largest absolute Gasteiger partial charge is 0.349 e. The molecule has 0 saturated carbocycles. The number of carbonyl (C=O) groups excluding carboxylic acids is 2. The van der Waals surface area contributed by atoms with Crippen LogP contribution < -0.4 is 10.2 Å². The van der Waals surface area contributed by atoms with Gasteiger partial charge in [-0.1, -0.05) is 24.3 Å². The van der Waals surface area contributed by atoms with Crippen molar-refractivity contribution in [1.29, 1.82) is 0 Å². The molecule has 2 amide bonds. The number of thiophene rings is 1. The van der Waals surface area contributed by atoms with E-state index in [-0.39, 0.29) is 18.4 Å². The van der Waals surface area contributed by atoms with E-state index in [0.717, 1.165) is 21.8 Å². The Morgan fingerprint density at radius 2 is 1.93 bits per heavy atom. The Hall–Kier alpha value is -2.93. The van der Waals surface area contributed by atoms with Crippen LogP contribution in [-0.4, -0.2) is 32.7 Å². The molecule has 3 heterocycles. The average Bonchev–Trinajstić information content (AvgIpc) is 3.31. The summed E-state index contributed by atoms with van der Waals surface area (Å²) in [5.74, 6) is -0.428. The molecule has 0 fully saturated rings. The van der Waals surface area contributed by atoms with Crippen molar-refractivity contribution in [1.82, 2.24) is 15.1 Å². The van der Waals surface area contributed by atoms with Crippen molar-refractivity contribution in [2.75, 3.05) is 4.90 Å². The molecule has 0 saturated heterocycles. The standard InChI is InChI=1S/C23H26N4O2S/c1-15-9-6-7-10-17(15)27-20(28)18-13-16(19-11-8-12-30-19)25-26(18)14-23(27,5)21(29)24-22(2,3)4/h6-13H,14H2,1-5H3,(H,24,29). The molecule has 3 aromatic rings. The van der Waals surface area contributed by atoms with E-state index in [0.29, 0.717) is 5.69 Å². The number of fused-ring (bicyclic) bond motifs is 1. The SMILES string of the molecule is Cc1ccccc1N1C(=O)c2cc(-c3cccs3)nn2CC1(C)C(=O)NC(C)(C)C. The van der Waals surface area contributed by atoms with Gasteiger partial charge in [0.05, 0.1) is 11.4 Å². The molecule has 1 aromatic carbocycles. The Morgan fingerprint density at radius 1 is 1.20 bits per heavy atom. The summed E-state index contributed by atoms with van der Waals surface area (Å²) >= 11 is 1.57. The molecular formula is C23H26N4O2S. The van der Waals surface area contributed by atoms with Crippen LogP contribution in [0.25, 0.3) is 10.6 Å². The first-order valence-corrected chi connectivity index (χ1v) is 10.8. The first-order chi connectivity index (χ1) is 14.1. The number of hydrogen-bond donors (Lipinski definition) is 1. The number of amides is 2. The van der Waals surface area contributed by atoms with Gasteiger partial charge in [-0.3, -0.25) is 19.2 Å². The van der Waals surface area contributed by atoms with E-state index in [1.165, 1.54) is 0 Å². The van der Waals surface area contributed by atoms with Gasteiger partial charge in [-0.05, 0) is 63.8 Å². The van der Waals surface area contributed by atoms with Gasteiger partial charge in [0.25, 0.3) is 5.91 Å². The average molecular weight is 423 g/mol. The van der Waals surface area contributed by atoms with Crippen LogP contribution in [0.2, 0.25) is 0 Å². The first-order valence-electron chi connectivity index (χ1n) is 9.95. The molecule has 1 N–H and O–H groups in total.